The molecule has 1 aliphatic heterocycles. The zero-order valence-electron chi connectivity index (χ0n) is 20.5. The molecular formula is C29H28N2O5. The van der Waals surface area contributed by atoms with Crippen molar-refractivity contribution < 1.29 is 23.7 Å². The molecule has 1 unspecified atom stereocenters. The molecule has 7 nitrogen and oxygen atoms in total. The summed E-state index contributed by atoms with van der Waals surface area (Å²) >= 11 is 0. The van der Waals surface area contributed by atoms with Crippen molar-refractivity contribution in [3.8, 4) is 29.1 Å². The first-order valence-corrected chi connectivity index (χ1v) is 11.7. The number of esters is 1. The zero-order chi connectivity index (χ0) is 25.7. The second kappa shape index (κ2) is 10.9. The van der Waals surface area contributed by atoms with Gasteiger partial charge in [-0.1, -0.05) is 32.0 Å². The number of rotatable bonds is 8. The summed E-state index contributed by atoms with van der Waals surface area (Å²) in [5.41, 5.74) is 8.42. The first-order valence-electron chi connectivity index (χ1n) is 11.7. The highest BCUT2D eigenvalue weighted by Crippen LogP contribution is 2.44. The minimum absolute atomic E-state index is 0.0137. The number of ether oxygens (including phenoxy) is 4. The largest absolute Gasteiger partial charge is 0.497 e. The lowest BCUT2D eigenvalue weighted by Gasteiger charge is -2.27. The van der Waals surface area contributed by atoms with Crippen LogP contribution in [0.1, 0.15) is 47.7 Å². The summed E-state index contributed by atoms with van der Waals surface area (Å²) in [7, 11) is 1.56. The van der Waals surface area contributed by atoms with Crippen LogP contribution in [0, 0.1) is 17.2 Å². The van der Waals surface area contributed by atoms with Crippen molar-refractivity contribution in [3.05, 3.63) is 94.9 Å². The molecule has 2 N–H and O–H groups in total. The number of hydrogen-bond donors (Lipinski definition) is 1. The van der Waals surface area contributed by atoms with Crippen molar-refractivity contribution in [3.63, 3.8) is 0 Å². The van der Waals surface area contributed by atoms with E-state index in [0.717, 1.165) is 23.3 Å². The number of nitrogens with zero attached hydrogens (tertiary/aromatic N) is 1. The predicted octanol–water partition coefficient (Wildman–Crippen LogP) is 5.56. The van der Waals surface area contributed by atoms with E-state index in [9.17, 15) is 10.1 Å². The van der Waals surface area contributed by atoms with Gasteiger partial charge in [0.15, 0.2) is 0 Å². The molecule has 3 aromatic rings. The second-order valence-corrected chi connectivity index (χ2v) is 8.85. The molecule has 184 valence electrons. The van der Waals surface area contributed by atoms with Gasteiger partial charge in [-0.3, -0.25) is 0 Å². The van der Waals surface area contributed by atoms with Gasteiger partial charge in [0, 0.05) is 11.6 Å². The Hall–Kier alpha value is -4.44. The predicted molar refractivity (Wildman–Crippen MR) is 135 cm³/mol. The van der Waals surface area contributed by atoms with Gasteiger partial charge in [0.1, 0.15) is 34.6 Å². The lowest BCUT2D eigenvalue weighted by molar-refractivity contribution is 0.0734. The SMILES string of the molecule is COc1ccc(C(=O)Oc2ccc3c(c2)OC(N)=C(C#N)C3c2cccc(OCCC(C)C)c2)cc1. The van der Waals surface area contributed by atoms with Gasteiger partial charge in [0.25, 0.3) is 0 Å². The number of hydrogen-bond acceptors (Lipinski definition) is 7. The molecule has 0 amide bonds. The third-order valence-electron chi connectivity index (χ3n) is 5.88. The van der Waals surface area contributed by atoms with Crippen LogP contribution in [0.4, 0.5) is 0 Å². The van der Waals surface area contributed by atoms with Crippen LogP contribution in [-0.4, -0.2) is 19.7 Å². The highest BCUT2D eigenvalue weighted by Gasteiger charge is 2.31. The number of fused-ring (bicyclic) bond motifs is 1. The van der Waals surface area contributed by atoms with Gasteiger partial charge in [-0.25, -0.2) is 4.79 Å². The van der Waals surface area contributed by atoms with Gasteiger partial charge in [0.2, 0.25) is 5.88 Å². The van der Waals surface area contributed by atoms with Gasteiger partial charge in [-0.15, -0.1) is 0 Å². The van der Waals surface area contributed by atoms with E-state index in [-0.39, 0.29) is 5.88 Å². The first-order chi connectivity index (χ1) is 17.4. The van der Waals surface area contributed by atoms with Crippen LogP contribution in [0.15, 0.2) is 78.2 Å². The van der Waals surface area contributed by atoms with Crippen LogP contribution < -0.4 is 24.7 Å². The molecule has 3 aromatic carbocycles. The van der Waals surface area contributed by atoms with Crippen LogP contribution in [0.25, 0.3) is 0 Å². The van der Waals surface area contributed by atoms with Crippen molar-refractivity contribution in [2.24, 2.45) is 11.7 Å². The lowest BCUT2D eigenvalue weighted by Crippen LogP contribution is -2.21. The zero-order valence-corrected chi connectivity index (χ0v) is 20.5. The third kappa shape index (κ3) is 5.44. The molecule has 0 spiro atoms. The quantitative estimate of drug-likeness (QED) is 0.330. The first kappa shape index (κ1) is 24.7. The molecule has 0 saturated carbocycles. The van der Waals surface area contributed by atoms with E-state index in [4.69, 9.17) is 24.7 Å². The fourth-order valence-corrected chi connectivity index (χ4v) is 3.93. The van der Waals surface area contributed by atoms with Crippen molar-refractivity contribution in [2.75, 3.05) is 13.7 Å². The normalized spacial score (nSPS) is 14.5. The fourth-order valence-electron chi connectivity index (χ4n) is 3.93. The molecule has 36 heavy (non-hydrogen) atoms. The van der Waals surface area contributed by atoms with Crippen molar-refractivity contribution >= 4 is 5.97 Å². The maximum Gasteiger partial charge on any atom is 0.343 e. The third-order valence-corrected chi connectivity index (χ3v) is 5.88. The smallest absolute Gasteiger partial charge is 0.343 e. The summed E-state index contributed by atoms with van der Waals surface area (Å²) < 4.78 is 22.4. The molecular weight excluding hydrogens is 456 g/mol. The van der Waals surface area contributed by atoms with Crippen LogP contribution in [0.2, 0.25) is 0 Å². The van der Waals surface area contributed by atoms with Gasteiger partial charge >= 0.3 is 5.97 Å². The monoisotopic (exact) mass is 484 g/mol. The topological polar surface area (TPSA) is 104 Å². The summed E-state index contributed by atoms with van der Waals surface area (Å²) in [6, 6.07) is 21.5. The molecule has 0 bridgehead atoms. The number of benzene rings is 3. The van der Waals surface area contributed by atoms with E-state index in [2.05, 4.69) is 19.9 Å². The molecule has 0 fully saturated rings. The van der Waals surface area contributed by atoms with E-state index in [1.165, 1.54) is 0 Å². The Morgan fingerprint density at radius 3 is 2.50 bits per heavy atom. The Labute approximate surface area is 210 Å². The standard InChI is InChI=1S/C29H28N2O5/c1-18(2)13-14-34-22-6-4-5-20(15-22)27-24-12-11-23(16-26(24)36-28(31)25(27)17-30)35-29(32)19-7-9-21(33-3)10-8-19/h4-12,15-16,18,27H,13-14,31H2,1-3H3. The lowest BCUT2D eigenvalue weighted by atomic mass is 9.83. The highest BCUT2D eigenvalue weighted by atomic mass is 16.5. The number of nitrogens with two attached hydrogens (primary N) is 1. The Kier molecular flexibility index (Phi) is 7.45. The molecule has 1 aliphatic rings. The Balaban J connectivity index is 1.61. The van der Waals surface area contributed by atoms with E-state index >= 15 is 0 Å². The summed E-state index contributed by atoms with van der Waals surface area (Å²) in [6.07, 6.45) is 0.943. The number of nitriles is 1. The number of allylic oxidation sites excluding steroid dienone is 1. The summed E-state index contributed by atoms with van der Waals surface area (Å²) in [6.45, 7) is 4.90. The van der Waals surface area contributed by atoms with E-state index in [0.29, 0.717) is 40.9 Å². The van der Waals surface area contributed by atoms with Crippen LogP contribution in [-0.2, 0) is 0 Å². The number of carbonyl (C=O) groups is 1. The number of carbonyl (C=O) groups excluding carboxylic acids is 1. The van der Waals surface area contributed by atoms with Gasteiger partial charge in [-0.05, 0) is 60.4 Å². The van der Waals surface area contributed by atoms with Gasteiger partial charge < -0.3 is 24.7 Å². The Morgan fingerprint density at radius 2 is 1.81 bits per heavy atom. The van der Waals surface area contributed by atoms with Crippen LogP contribution >= 0.6 is 0 Å². The summed E-state index contributed by atoms with van der Waals surface area (Å²) in [5.74, 6) is 1.68. The minimum atomic E-state index is -0.516. The van der Waals surface area contributed by atoms with Crippen molar-refractivity contribution in [2.45, 2.75) is 26.2 Å². The Morgan fingerprint density at radius 1 is 1.06 bits per heavy atom. The molecule has 1 heterocycles. The summed E-state index contributed by atoms with van der Waals surface area (Å²) in [4.78, 5) is 12.6. The molecule has 0 radical (unpaired) electrons. The van der Waals surface area contributed by atoms with E-state index in [1.54, 1.807) is 49.6 Å². The van der Waals surface area contributed by atoms with Crippen LogP contribution in [0.5, 0.6) is 23.0 Å². The van der Waals surface area contributed by atoms with Gasteiger partial charge in [-0.2, -0.15) is 5.26 Å². The highest BCUT2D eigenvalue weighted by molar-refractivity contribution is 5.91. The van der Waals surface area contributed by atoms with Gasteiger partial charge in [0.05, 0.1) is 25.2 Å². The van der Waals surface area contributed by atoms with Crippen LogP contribution in [0.3, 0.4) is 0 Å². The minimum Gasteiger partial charge on any atom is -0.497 e. The fraction of sp³-hybridized carbons (Fsp3) is 0.241. The van der Waals surface area contributed by atoms with Crippen molar-refractivity contribution in [1.82, 2.24) is 0 Å². The molecule has 0 saturated heterocycles. The molecule has 4 rings (SSSR count). The van der Waals surface area contributed by atoms with E-state index < -0.39 is 11.9 Å². The van der Waals surface area contributed by atoms with Crippen molar-refractivity contribution in [1.29, 1.82) is 5.26 Å². The average Bonchev–Trinajstić information content (AvgIpc) is 2.87. The van der Waals surface area contributed by atoms with E-state index in [1.807, 2.05) is 24.3 Å². The molecule has 7 heteroatoms. The average molecular weight is 485 g/mol. The maximum atomic E-state index is 12.6. The summed E-state index contributed by atoms with van der Waals surface area (Å²) in [5, 5.41) is 9.85. The molecule has 0 aliphatic carbocycles. The molecule has 0 aromatic heterocycles. The molecule has 1 atom stereocenters. The Bertz CT molecular complexity index is 1320. The number of methoxy groups -OCH3 is 1. The maximum absolute atomic E-state index is 12.6. The second-order valence-electron chi connectivity index (χ2n) is 8.85.